The van der Waals surface area contributed by atoms with Crippen molar-refractivity contribution >= 4 is 0 Å². The van der Waals surface area contributed by atoms with E-state index in [1.807, 2.05) is 12.1 Å². The van der Waals surface area contributed by atoms with Gasteiger partial charge in [0.1, 0.15) is 0 Å². The summed E-state index contributed by atoms with van der Waals surface area (Å²) in [5.74, 6) is 0. The number of nitrogens with zero attached hydrogens (tertiary/aromatic N) is 2. The lowest BCUT2D eigenvalue weighted by atomic mass is 10.0. The maximum atomic E-state index is 9.11. The summed E-state index contributed by atoms with van der Waals surface area (Å²) >= 11 is 0. The first-order valence-corrected chi connectivity index (χ1v) is 10.3. The second-order valence-electron chi connectivity index (χ2n) is 7.13. The molecule has 1 unspecified atom stereocenters. The normalized spacial score (nSPS) is 11.7. The molecule has 3 nitrogen and oxygen atoms in total. The molecule has 0 heterocycles. The summed E-state index contributed by atoms with van der Waals surface area (Å²) < 4.78 is 6.20. The molecule has 0 spiro atoms. The number of hydrogen-bond donors (Lipinski definition) is 0. The van der Waals surface area contributed by atoms with Crippen molar-refractivity contribution in [2.24, 2.45) is 0 Å². The van der Waals surface area contributed by atoms with Gasteiger partial charge in [-0.25, -0.2) is 0 Å². The standard InChI is InChI=1S/C23H34N2O/c1-3-5-7-9-11-13-23(12-10-8-6-4-2)26-19-22-15-20(17-24)14-21(16-22)18-25/h14-16,23H,3-13,19H2,1-2H3. The van der Waals surface area contributed by atoms with Crippen molar-refractivity contribution in [3.63, 3.8) is 0 Å². The van der Waals surface area contributed by atoms with E-state index < -0.39 is 0 Å². The molecule has 3 heteroatoms. The van der Waals surface area contributed by atoms with Gasteiger partial charge in [0.2, 0.25) is 0 Å². The van der Waals surface area contributed by atoms with Crippen molar-refractivity contribution in [1.82, 2.24) is 0 Å². The Balaban J connectivity index is 2.54. The fraction of sp³-hybridized carbons (Fsp3) is 0.652. The van der Waals surface area contributed by atoms with Crippen molar-refractivity contribution in [3.05, 3.63) is 34.9 Å². The predicted molar refractivity (Wildman–Crippen MR) is 107 cm³/mol. The zero-order chi connectivity index (χ0) is 19.0. The van der Waals surface area contributed by atoms with Gasteiger partial charge in [-0.15, -0.1) is 0 Å². The van der Waals surface area contributed by atoms with Gasteiger partial charge in [-0.1, -0.05) is 71.6 Å². The number of nitriles is 2. The molecule has 26 heavy (non-hydrogen) atoms. The molecule has 1 aromatic rings. The van der Waals surface area contributed by atoms with Gasteiger partial charge in [0.25, 0.3) is 0 Å². The molecular formula is C23H34N2O. The zero-order valence-electron chi connectivity index (χ0n) is 16.6. The third-order valence-electron chi connectivity index (χ3n) is 4.75. The first-order chi connectivity index (χ1) is 12.7. The molecule has 1 rings (SSSR count). The van der Waals surface area contributed by atoms with Crippen LogP contribution in [0.5, 0.6) is 0 Å². The minimum Gasteiger partial charge on any atom is -0.374 e. The maximum Gasteiger partial charge on any atom is 0.0992 e. The maximum absolute atomic E-state index is 9.11. The minimum absolute atomic E-state index is 0.282. The summed E-state index contributed by atoms with van der Waals surface area (Å²) in [7, 11) is 0. The van der Waals surface area contributed by atoms with E-state index in [0.717, 1.165) is 18.4 Å². The van der Waals surface area contributed by atoms with Crippen molar-refractivity contribution in [2.75, 3.05) is 0 Å². The first-order valence-electron chi connectivity index (χ1n) is 10.3. The average Bonchev–Trinajstić information content (AvgIpc) is 2.68. The van der Waals surface area contributed by atoms with Gasteiger partial charge in [0.05, 0.1) is 36.0 Å². The van der Waals surface area contributed by atoms with E-state index in [9.17, 15) is 0 Å². The third-order valence-corrected chi connectivity index (χ3v) is 4.75. The SMILES string of the molecule is CCCCCCCC(CCCCCC)OCc1cc(C#N)cc(C#N)c1. The lowest BCUT2D eigenvalue weighted by Gasteiger charge is -2.18. The Bertz CT molecular complexity index is 551. The van der Waals surface area contributed by atoms with Gasteiger partial charge in [0, 0.05) is 0 Å². The predicted octanol–water partition coefficient (Wildman–Crippen LogP) is 6.65. The highest BCUT2D eigenvalue weighted by Crippen LogP contribution is 2.18. The third kappa shape index (κ3) is 9.59. The van der Waals surface area contributed by atoms with Crippen LogP contribution in [0.2, 0.25) is 0 Å². The molecule has 0 fully saturated rings. The smallest absolute Gasteiger partial charge is 0.0992 e. The quantitative estimate of drug-likeness (QED) is 0.352. The second kappa shape index (κ2) is 14.3. The van der Waals surface area contributed by atoms with E-state index in [1.54, 1.807) is 6.07 Å². The van der Waals surface area contributed by atoms with E-state index in [4.69, 9.17) is 15.3 Å². The van der Waals surface area contributed by atoms with Crippen molar-refractivity contribution in [2.45, 2.75) is 97.2 Å². The highest BCUT2D eigenvalue weighted by atomic mass is 16.5. The van der Waals surface area contributed by atoms with Crippen molar-refractivity contribution < 1.29 is 4.74 Å². The van der Waals surface area contributed by atoms with Crippen LogP contribution in [0, 0.1) is 22.7 Å². The number of benzene rings is 1. The summed E-state index contributed by atoms with van der Waals surface area (Å²) in [6.45, 7) is 4.96. The molecule has 0 radical (unpaired) electrons. The van der Waals surface area contributed by atoms with Crippen LogP contribution in [0.4, 0.5) is 0 Å². The molecule has 0 N–H and O–H groups in total. The van der Waals surface area contributed by atoms with Gasteiger partial charge in [-0.2, -0.15) is 10.5 Å². The molecule has 0 bridgehead atoms. The van der Waals surface area contributed by atoms with Crippen LogP contribution in [-0.4, -0.2) is 6.10 Å². The van der Waals surface area contributed by atoms with Gasteiger partial charge in [0.15, 0.2) is 0 Å². The largest absolute Gasteiger partial charge is 0.374 e. The highest BCUT2D eigenvalue weighted by molar-refractivity contribution is 5.42. The second-order valence-corrected chi connectivity index (χ2v) is 7.13. The van der Waals surface area contributed by atoms with E-state index in [2.05, 4.69) is 26.0 Å². The lowest BCUT2D eigenvalue weighted by molar-refractivity contribution is 0.0261. The summed E-state index contributed by atoms with van der Waals surface area (Å²) in [6.07, 6.45) is 13.9. The molecule has 0 aromatic heterocycles. The molecule has 0 saturated carbocycles. The lowest BCUT2D eigenvalue weighted by Crippen LogP contribution is -2.13. The molecule has 1 atom stereocenters. The number of ether oxygens (including phenoxy) is 1. The van der Waals surface area contributed by atoms with Crippen molar-refractivity contribution in [3.8, 4) is 12.1 Å². The fourth-order valence-electron chi connectivity index (χ4n) is 3.20. The Morgan fingerprint density at radius 1 is 0.769 bits per heavy atom. The van der Waals surface area contributed by atoms with E-state index in [-0.39, 0.29) is 6.10 Å². The van der Waals surface area contributed by atoms with Crippen LogP contribution in [0.25, 0.3) is 0 Å². The average molecular weight is 355 g/mol. The van der Waals surface area contributed by atoms with E-state index in [0.29, 0.717) is 17.7 Å². The Morgan fingerprint density at radius 3 is 1.77 bits per heavy atom. The molecule has 0 amide bonds. The van der Waals surface area contributed by atoms with Gasteiger partial charge in [-0.05, 0) is 36.6 Å². The molecule has 1 aromatic carbocycles. The Morgan fingerprint density at radius 2 is 1.27 bits per heavy atom. The van der Waals surface area contributed by atoms with Crippen molar-refractivity contribution in [1.29, 1.82) is 10.5 Å². The van der Waals surface area contributed by atoms with Gasteiger partial charge < -0.3 is 4.74 Å². The minimum atomic E-state index is 0.282. The molecule has 0 aliphatic heterocycles. The van der Waals surface area contributed by atoms with Crippen LogP contribution in [-0.2, 0) is 11.3 Å². The van der Waals surface area contributed by atoms with Crippen LogP contribution in [0.15, 0.2) is 18.2 Å². The van der Waals surface area contributed by atoms with Crippen LogP contribution < -0.4 is 0 Å². The van der Waals surface area contributed by atoms with Crippen LogP contribution in [0.1, 0.15) is 101 Å². The molecule has 142 valence electrons. The number of hydrogen-bond acceptors (Lipinski definition) is 3. The van der Waals surface area contributed by atoms with E-state index >= 15 is 0 Å². The van der Waals surface area contributed by atoms with Gasteiger partial charge in [-0.3, -0.25) is 0 Å². The summed E-state index contributed by atoms with van der Waals surface area (Å²) in [5, 5.41) is 18.2. The zero-order valence-corrected chi connectivity index (χ0v) is 16.6. The van der Waals surface area contributed by atoms with E-state index in [1.165, 1.54) is 57.8 Å². The number of rotatable bonds is 14. The molecule has 0 saturated heterocycles. The highest BCUT2D eigenvalue weighted by Gasteiger charge is 2.10. The molecule has 0 aliphatic carbocycles. The summed E-state index contributed by atoms with van der Waals surface area (Å²) in [5.41, 5.74) is 1.98. The summed E-state index contributed by atoms with van der Waals surface area (Å²) in [4.78, 5) is 0. The van der Waals surface area contributed by atoms with Gasteiger partial charge >= 0.3 is 0 Å². The monoisotopic (exact) mass is 354 g/mol. The summed E-state index contributed by atoms with van der Waals surface area (Å²) in [6, 6.07) is 9.53. The molecule has 0 aliphatic rings. The fourth-order valence-corrected chi connectivity index (χ4v) is 3.20. The molecular weight excluding hydrogens is 320 g/mol. The topological polar surface area (TPSA) is 56.8 Å². The first kappa shape index (κ1) is 22.2. The Kier molecular flexibility index (Phi) is 12.2. The van der Waals surface area contributed by atoms with Crippen LogP contribution in [0.3, 0.4) is 0 Å². The van der Waals surface area contributed by atoms with Crippen LogP contribution >= 0.6 is 0 Å². The Labute approximate surface area is 160 Å². The number of unbranched alkanes of at least 4 members (excludes halogenated alkanes) is 7. The Hall–Kier alpha value is -1.84.